The van der Waals surface area contributed by atoms with Crippen LogP contribution in [-0.4, -0.2) is 110 Å². The lowest BCUT2D eigenvalue weighted by Gasteiger charge is -2.52. The molecular weight excluding hydrogens is 1020 g/mol. The molecule has 4 aliphatic heterocycles. The van der Waals surface area contributed by atoms with E-state index < -0.39 is 79.2 Å². The largest absolute Gasteiger partial charge is 0.511 e. The number of aliphatic hydroxyl groups excluding tert-OH is 1. The minimum atomic E-state index is -1.10. The number of amides is 1. The van der Waals surface area contributed by atoms with Crippen LogP contribution in [-0.2, 0) is 76.8 Å². The lowest BCUT2D eigenvalue weighted by atomic mass is 9.75. The molecule has 0 aromatic heterocycles. The average molecular weight is 1100 g/mol. The van der Waals surface area contributed by atoms with Crippen LogP contribution in [0, 0.1) is 29.1 Å². The highest BCUT2D eigenvalue weighted by molar-refractivity contribution is 6.23. The van der Waals surface area contributed by atoms with Crippen molar-refractivity contribution in [2.24, 2.45) is 34.1 Å². The number of aliphatic hydroxyl groups is 1. The van der Waals surface area contributed by atoms with Gasteiger partial charge in [-0.15, -0.1) is 0 Å². The minimum absolute atomic E-state index is 0.00622. The van der Waals surface area contributed by atoms with E-state index in [4.69, 9.17) is 52.4 Å². The number of fused-ring (bicyclic) bond motifs is 1. The molecule has 7 unspecified atom stereocenters. The van der Waals surface area contributed by atoms with Gasteiger partial charge in [0.1, 0.15) is 42.3 Å². The lowest BCUT2D eigenvalue weighted by molar-refractivity contribution is -0.392. The Labute approximate surface area is 473 Å². The van der Waals surface area contributed by atoms with Crippen molar-refractivity contribution in [1.29, 1.82) is 0 Å². The molecule has 9 rings (SSSR count). The minimum Gasteiger partial charge on any atom is -0.511 e. The van der Waals surface area contributed by atoms with Gasteiger partial charge in [0, 0.05) is 49.4 Å². The van der Waals surface area contributed by atoms with E-state index >= 15 is 0 Å². The molecule has 15 heteroatoms. The van der Waals surface area contributed by atoms with Crippen molar-refractivity contribution < 1.29 is 62.1 Å². The van der Waals surface area contributed by atoms with Crippen LogP contribution < -0.4 is 5.32 Å². The van der Waals surface area contributed by atoms with Gasteiger partial charge in [-0.2, -0.15) is 0 Å². The molecule has 15 nitrogen and oxygen atoms in total. The maximum absolute atomic E-state index is 14.4. The molecular formula is C65H84N2O13. The predicted molar refractivity (Wildman–Crippen MR) is 302 cm³/mol. The zero-order chi connectivity index (χ0) is 56.3. The number of Topliss-reactive ketones (excluding diaryl/α,β-unsaturated/α-hetero) is 1. The molecule has 0 radical (unpaired) electrons. The van der Waals surface area contributed by atoms with E-state index in [0.717, 1.165) is 28.7 Å². The summed E-state index contributed by atoms with van der Waals surface area (Å²) < 4.78 is 70.0. The molecule has 5 aliphatic rings. The van der Waals surface area contributed by atoms with E-state index in [1.54, 1.807) is 7.05 Å². The van der Waals surface area contributed by atoms with Crippen LogP contribution in [0.1, 0.15) is 116 Å². The van der Waals surface area contributed by atoms with Gasteiger partial charge >= 0.3 is 0 Å². The summed E-state index contributed by atoms with van der Waals surface area (Å²) >= 11 is 0. The third-order valence-electron chi connectivity index (χ3n) is 16.8. The van der Waals surface area contributed by atoms with E-state index in [2.05, 4.69) is 39.9 Å². The van der Waals surface area contributed by atoms with E-state index in [9.17, 15) is 14.7 Å². The van der Waals surface area contributed by atoms with Crippen LogP contribution in [0.5, 0.6) is 0 Å². The summed E-state index contributed by atoms with van der Waals surface area (Å²) in [7, 11) is 1.59. The topological polar surface area (TPSA) is 171 Å². The smallest absolute Gasteiger partial charge is 0.219 e. The van der Waals surface area contributed by atoms with Crippen LogP contribution in [0.15, 0.2) is 138 Å². The van der Waals surface area contributed by atoms with Gasteiger partial charge in [-0.05, 0) is 53.2 Å². The summed E-state index contributed by atoms with van der Waals surface area (Å²) in [4.78, 5) is 32.7. The molecule has 4 heterocycles. The number of benzene rings is 4. The first-order valence-corrected chi connectivity index (χ1v) is 28.9. The van der Waals surface area contributed by atoms with E-state index in [1.807, 2.05) is 135 Å². The summed E-state index contributed by atoms with van der Waals surface area (Å²) in [5.41, 5.74) is 3.64. The Morgan fingerprint density at radius 2 is 1.25 bits per heavy atom. The summed E-state index contributed by atoms with van der Waals surface area (Å²) in [6, 6.07) is 38.4. The van der Waals surface area contributed by atoms with Gasteiger partial charge in [0.05, 0.1) is 50.8 Å². The number of allylic oxidation sites excluding steroid dienone is 2. The fourth-order valence-electron chi connectivity index (χ4n) is 11.9. The molecule has 1 amide bonds. The fourth-order valence-corrected chi connectivity index (χ4v) is 11.9. The second-order valence-corrected chi connectivity index (χ2v) is 23.3. The van der Waals surface area contributed by atoms with Gasteiger partial charge in [-0.1, -0.05) is 170 Å². The van der Waals surface area contributed by atoms with Crippen LogP contribution >= 0.6 is 0 Å². The highest BCUT2D eigenvalue weighted by Gasteiger charge is 2.56. The molecule has 0 spiro atoms. The van der Waals surface area contributed by atoms with Gasteiger partial charge in [0.15, 0.2) is 30.9 Å². The Balaban J connectivity index is 1.14. The normalized spacial score (nSPS) is 32.8. The Bertz CT molecular complexity index is 2650. The highest BCUT2D eigenvalue weighted by Crippen LogP contribution is 2.44. The third-order valence-corrected chi connectivity index (χ3v) is 16.8. The molecule has 0 bridgehead atoms. The van der Waals surface area contributed by atoms with E-state index in [0.29, 0.717) is 24.0 Å². The molecule has 16 atom stereocenters. The number of carbonyl (C=O) groups is 2. The number of carbonyl (C=O) groups excluding carboxylic acids is 2. The summed E-state index contributed by atoms with van der Waals surface area (Å²) in [6.45, 7) is 15.7. The van der Waals surface area contributed by atoms with Gasteiger partial charge in [0.25, 0.3) is 0 Å². The number of ketones is 1. The van der Waals surface area contributed by atoms with Crippen LogP contribution in [0.2, 0.25) is 0 Å². The molecule has 1 aliphatic carbocycles. The molecule has 2 N–H and O–H groups in total. The summed E-state index contributed by atoms with van der Waals surface area (Å²) in [5, 5.41) is 14.6. The summed E-state index contributed by atoms with van der Waals surface area (Å²) in [6.07, 6.45) is -5.84. The number of nitrogens with zero attached hydrogens (tertiary/aromatic N) is 1. The average Bonchev–Trinajstić information content (AvgIpc) is 3.52. The first kappa shape index (κ1) is 59.5. The third kappa shape index (κ3) is 14.7. The Hall–Kier alpha value is -5.17. The van der Waals surface area contributed by atoms with E-state index in [-0.39, 0.29) is 93.8 Å². The molecule has 4 saturated heterocycles. The monoisotopic (exact) mass is 1100 g/mol. The van der Waals surface area contributed by atoms with Crippen LogP contribution in [0.3, 0.4) is 0 Å². The second-order valence-electron chi connectivity index (χ2n) is 23.3. The van der Waals surface area contributed by atoms with Gasteiger partial charge < -0.3 is 57.8 Å². The molecule has 4 aromatic carbocycles. The van der Waals surface area contributed by atoms with E-state index in [1.165, 1.54) is 0 Å². The van der Waals surface area contributed by atoms with Gasteiger partial charge in [0.2, 0.25) is 5.91 Å². The van der Waals surface area contributed by atoms with Crippen molar-refractivity contribution in [2.75, 3.05) is 20.3 Å². The first-order valence-electron chi connectivity index (χ1n) is 28.9. The maximum Gasteiger partial charge on any atom is 0.219 e. The van der Waals surface area contributed by atoms with Crippen molar-refractivity contribution in [3.05, 3.63) is 155 Å². The summed E-state index contributed by atoms with van der Waals surface area (Å²) in [5.74, 6) is -0.201. The van der Waals surface area contributed by atoms with Crippen LogP contribution in [0.4, 0.5) is 0 Å². The second kappa shape index (κ2) is 27.7. The predicted octanol–water partition coefficient (Wildman–Crippen LogP) is 10.9. The van der Waals surface area contributed by atoms with Crippen molar-refractivity contribution in [3.8, 4) is 0 Å². The lowest BCUT2D eigenvalue weighted by Crippen LogP contribution is -2.65. The quantitative estimate of drug-likeness (QED) is 0.0713. The Morgan fingerprint density at radius 1 is 0.662 bits per heavy atom. The van der Waals surface area contributed by atoms with Gasteiger partial charge in [-0.25, -0.2) is 0 Å². The highest BCUT2D eigenvalue weighted by atomic mass is 16.8. The standard InChI is InChI=1S/C65H84N2O13/c1-9-51-41(3)40(2)42(4)61(75-51)78-57-43(5)62(76-53-39-74-63(80-58(53)57)47-29-20-13-21-30-47)79-59-52(38-71-35-44-23-14-10-15-24-44)77-64(73-37-46-27-18-12-19-28-46)56(60(59)72-36-45-25-16-11-17-26-45)67-48(31-22-32-54(70)66-8)55-49(68)33-65(6,7)34-50(55)69/h10-21,23-30,40-43,51-53,56-64,68H,9,22,31-39H2,1-8H3,(H,66,70)/t40-,41+,42?,43-,51?,52?,53?,56?,57?,58+,59-,60+,61-,62+,63?,64+/m0/s1. The molecule has 80 heavy (non-hydrogen) atoms. The SMILES string of the molecule is CCC1O[C@@H](OC2[C@@H]3OC(c4ccccc4)OCC3O[C@H](O[C@H]3C(COCc4ccccc4)O[C@@H](OCc4ccccc4)C(N=C(CCCC(=O)NC)C4=C(O)CC(C)(C)CC4=O)[C@H]3OCc3ccccc3)[C@H]2C)C(C)[C@@H](C)[C@H]1C. The molecule has 0 saturated carbocycles. The van der Waals surface area contributed by atoms with Crippen molar-refractivity contribution in [1.82, 2.24) is 5.32 Å². The maximum atomic E-state index is 14.4. The van der Waals surface area contributed by atoms with Crippen LogP contribution in [0.25, 0.3) is 0 Å². The number of nitrogens with one attached hydrogen (secondary N) is 1. The number of ether oxygens (including phenoxy) is 10. The number of hydrogen-bond donors (Lipinski definition) is 2. The Morgan fingerprint density at radius 3 is 1.88 bits per heavy atom. The molecule has 4 fully saturated rings. The van der Waals surface area contributed by atoms with Crippen molar-refractivity contribution >= 4 is 17.4 Å². The zero-order valence-electron chi connectivity index (χ0n) is 47.9. The van der Waals surface area contributed by atoms with Crippen molar-refractivity contribution in [3.63, 3.8) is 0 Å². The number of aliphatic imine (C=N–C) groups is 1. The van der Waals surface area contributed by atoms with Crippen molar-refractivity contribution in [2.45, 2.75) is 181 Å². The van der Waals surface area contributed by atoms with Gasteiger partial charge in [-0.3, -0.25) is 14.6 Å². The number of rotatable bonds is 22. The fraction of sp³-hybridized carbons (Fsp3) is 0.554. The first-order chi connectivity index (χ1) is 38.7. The number of hydrogen-bond acceptors (Lipinski definition) is 14. The Kier molecular flexibility index (Phi) is 20.6. The zero-order valence-corrected chi connectivity index (χ0v) is 47.9. The molecule has 432 valence electrons. The molecule has 4 aromatic rings.